The summed E-state index contributed by atoms with van der Waals surface area (Å²) in [5, 5.41) is 4.71. The van der Waals surface area contributed by atoms with Gasteiger partial charge >= 0.3 is 0 Å². The molecule has 0 aliphatic rings. The smallest absolute Gasteiger partial charge is 0.0833 e. The van der Waals surface area contributed by atoms with Gasteiger partial charge in [0.05, 0.1) is 16.9 Å². The number of hydrogen-bond donors (Lipinski definition) is 1. The van der Waals surface area contributed by atoms with Gasteiger partial charge in [0.1, 0.15) is 0 Å². The Bertz CT molecular complexity index is 261. The van der Waals surface area contributed by atoms with E-state index in [0.29, 0.717) is 10.9 Å². The van der Waals surface area contributed by atoms with Crippen LogP contribution in [0.15, 0.2) is 6.20 Å². The first-order chi connectivity index (χ1) is 6.02. The monoisotopic (exact) mass is 201 g/mol. The first-order valence-electron chi connectivity index (χ1n) is 4.45. The lowest BCUT2D eigenvalue weighted by Gasteiger charge is -2.14. The molecule has 0 aliphatic carbocycles. The van der Waals surface area contributed by atoms with Crippen molar-refractivity contribution in [2.24, 2.45) is 18.7 Å². The fraction of sp³-hybridized carbons (Fsp3) is 0.667. The fourth-order valence-electron chi connectivity index (χ4n) is 1.46. The molecular weight excluding hydrogens is 186 g/mol. The summed E-state index contributed by atoms with van der Waals surface area (Å²) in [6, 6.07) is -0.0139. The molecule has 0 amide bonds. The van der Waals surface area contributed by atoms with E-state index >= 15 is 0 Å². The van der Waals surface area contributed by atoms with Gasteiger partial charge in [-0.2, -0.15) is 5.10 Å². The second kappa shape index (κ2) is 4.11. The summed E-state index contributed by atoms with van der Waals surface area (Å²) in [5.41, 5.74) is 6.92. The minimum atomic E-state index is -0.0139. The molecule has 0 fully saturated rings. The maximum atomic E-state index is 6.00. The molecule has 4 heteroatoms. The lowest BCUT2D eigenvalue weighted by molar-refractivity contribution is 0.485. The van der Waals surface area contributed by atoms with Crippen LogP contribution < -0.4 is 5.73 Å². The van der Waals surface area contributed by atoms with Crippen molar-refractivity contribution in [1.29, 1.82) is 0 Å². The number of hydrogen-bond acceptors (Lipinski definition) is 2. The fourth-order valence-corrected chi connectivity index (χ4v) is 1.76. The molecule has 0 spiro atoms. The van der Waals surface area contributed by atoms with Crippen molar-refractivity contribution < 1.29 is 0 Å². The molecule has 74 valence electrons. The van der Waals surface area contributed by atoms with Crippen LogP contribution in [-0.2, 0) is 7.05 Å². The van der Waals surface area contributed by atoms with Gasteiger partial charge in [-0.15, -0.1) is 0 Å². The molecule has 3 nitrogen and oxygen atoms in total. The van der Waals surface area contributed by atoms with Gasteiger partial charge in [-0.05, 0) is 12.3 Å². The highest BCUT2D eigenvalue weighted by Gasteiger charge is 2.15. The number of aromatic nitrogens is 2. The minimum Gasteiger partial charge on any atom is -0.323 e. The van der Waals surface area contributed by atoms with E-state index in [9.17, 15) is 0 Å². The third-order valence-electron chi connectivity index (χ3n) is 2.01. The third-order valence-corrected chi connectivity index (χ3v) is 2.31. The van der Waals surface area contributed by atoms with E-state index in [1.807, 2.05) is 7.05 Å². The molecule has 1 aromatic rings. The van der Waals surface area contributed by atoms with Crippen molar-refractivity contribution in [3.63, 3.8) is 0 Å². The molecule has 0 saturated heterocycles. The molecule has 1 heterocycles. The maximum Gasteiger partial charge on any atom is 0.0833 e. The second-order valence-electron chi connectivity index (χ2n) is 3.74. The Hall–Kier alpha value is -0.540. The molecule has 0 saturated carbocycles. The Morgan fingerprint density at radius 2 is 2.23 bits per heavy atom. The quantitative estimate of drug-likeness (QED) is 0.814. The zero-order valence-electron chi connectivity index (χ0n) is 8.29. The number of nitrogens with zero attached hydrogens (tertiary/aromatic N) is 2. The topological polar surface area (TPSA) is 43.8 Å². The van der Waals surface area contributed by atoms with Gasteiger partial charge < -0.3 is 5.73 Å². The number of halogens is 1. The predicted molar refractivity (Wildman–Crippen MR) is 54.6 cm³/mol. The van der Waals surface area contributed by atoms with E-state index in [0.717, 1.165) is 12.1 Å². The van der Waals surface area contributed by atoms with Gasteiger partial charge in [0.25, 0.3) is 0 Å². The Morgan fingerprint density at radius 1 is 1.62 bits per heavy atom. The van der Waals surface area contributed by atoms with Gasteiger partial charge in [-0.3, -0.25) is 4.68 Å². The highest BCUT2D eigenvalue weighted by Crippen LogP contribution is 2.24. The van der Waals surface area contributed by atoms with Crippen molar-refractivity contribution in [2.45, 2.75) is 26.3 Å². The van der Waals surface area contributed by atoms with Crippen LogP contribution in [0.1, 0.15) is 32.0 Å². The average molecular weight is 202 g/mol. The molecule has 0 aliphatic heterocycles. The van der Waals surface area contributed by atoms with Crippen LogP contribution in [0.4, 0.5) is 0 Å². The van der Waals surface area contributed by atoms with Gasteiger partial charge in [-0.25, -0.2) is 0 Å². The molecular formula is C9H16ClN3. The Morgan fingerprint density at radius 3 is 2.62 bits per heavy atom. The Labute approximate surface area is 83.9 Å². The average Bonchev–Trinajstić information content (AvgIpc) is 2.29. The molecule has 13 heavy (non-hydrogen) atoms. The molecule has 0 aromatic carbocycles. The summed E-state index contributed by atoms with van der Waals surface area (Å²) >= 11 is 5.96. The summed E-state index contributed by atoms with van der Waals surface area (Å²) in [7, 11) is 1.86. The van der Waals surface area contributed by atoms with Crippen LogP contribution in [0, 0.1) is 5.92 Å². The maximum absolute atomic E-state index is 6.00. The molecule has 1 unspecified atom stereocenters. The minimum absolute atomic E-state index is 0.0139. The van der Waals surface area contributed by atoms with E-state index in [1.165, 1.54) is 0 Å². The van der Waals surface area contributed by atoms with Gasteiger partial charge in [-0.1, -0.05) is 25.4 Å². The van der Waals surface area contributed by atoms with E-state index < -0.39 is 0 Å². The third kappa shape index (κ3) is 2.45. The largest absolute Gasteiger partial charge is 0.323 e. The zero-order chi connectivity index (χ0) is 10.0. The number of aryl methyl sites for hydroxylation is 1. The number of nitrogens with two attached hydrogens (primary N) is 1. The van der Waals surface area contributed by atoms with Crippen LogP contribution in [-0.4, -0.2) is 9.78 Å². The van der Waals surface area contributed by atoms with Crippen molar-refractivity contribution in [3.8, 4) is 0 Å². The molecule has 0 bridgehead atoms. The van der Waals surface area contributed by atoms with E-state index in [4.69, 9.17) is 17.3 Å². The highest BCUT2D eigenvalue weighted by atomic mass is 35.5. The van der Waals surface area contributed by atoms with Crippen molar-refractivity contribution in [1.82, 2.24) is 9.78 Å². The molecule has 1 atom stereocenters. The summed E-state index contributed by atoms with van der Waals surface area (Å²) < 4.78 is 1.75. The van der Waals surface area contributed by atoms with Gasteiger partial charge in [0.2, 0.25) is 0 Å². The van der Waals surface area contributed by atoms with Gasteiger partial charge in [0, 0.05) is 13.1 Å². The van der Waals surface area contributed by atoms with Crippen LogP contribution in [0.25, 0.3) is 0 Å². The normalized spacial score (nSPS) is 13.7. The predicted octanol–water partition coefficient (Wildman–Crippen LogP) is 2.12. The Kier molecular flexibility index (Phi) is 3.33. The SMILES string of the molecule is CC(C)CC(N)c1c(Cl)cnn1C. The lowest BCUT2D eigenvalue weighted by Crippen LogP contribution is -2.17. The van der Waals surface area contributed by atoms with Crippen molar-refractivity contribution >= 4 is 11.6 Å². The zero-order valence-corrected chi connectivity index (χ0v) is 9.04. The van der Waals surface area contributed by atoms with Crippen LogP contribution in [0.5, 0.6) is 0 Å². The highest BCUT2D eigenvalue weighted by molar-refractivity contribution is 6.31. The number of rotatable bonds is 3. The van der Waals surface area contributed by atoms with Crippen molar-refractivity contribution in [3.05, 3.63) is 16.9 Å². The summed E-state index contributed by atoms with van der Waals surface area (Å²) in [6.07, 6.45) is 2.57. The first-order valence-corrected chi connectivity index (χ1v) is 4.83. The van der Waals surface area contributed by atoms with E-state index in [2.05, 4.69) is 18.9 Å². The molecule has 1 aromatic heterocycles. The Balaban J connectivity index is 2.81. The standard InChI is InChI=1S/C9H16ClN3/c1-6(2)4-8(11)9-7(10)5-12-13(9)3/h5-6,8H,4,11H2,1-3H3. The summed E-state index contributed by atoms with van der Waals surface area (Å²) in [5.74, 6) is 0.570. The van der Waals surface area contributed by atoms with Crippen LogP contribution >= 0.6 is 11.6 Å². The summed E-state index contributed by atoms with van der Waals surface area (Å²) in [4.78, 5) is 0. The molecule has 2 N–H and O–H groups in total. The van der Waals surface area contributed by atoms with E-state index in [1.54, 1.807) is 10.9 Å². The second-order valence-corrected chi connectivity index (χ2v) is 4.14. The van der Waals surface area contributed by atoms with Gasteiger partial charge in [0.15, 0.2) is 0 Å². The molecule has 1 rings (SSSR count). The van der Waals surface area contributed by atoms with Crippen LogP contribution in [0.3, 0.4) is 0 Å². The lowest BCUT2D eigenvalue weighted by atomic mass is 10.0. The summed E-state index contributed by atoms with van der Waals surface area (Å²) in [6.45, 7) is 4.29. The molecule has 0 radical (unpaired) electrons. The first kappa shape index (κ1) is 10.5. The van der Waals surface area contributed by atoms with Crippen LogP contribution in [0.2, 0.25) is 5.02 Å². The van der Waals surface area contributed by atoms with E-state index in [-0.39, 0.29) is 6.04 Å². The van der Waals surface area contributed by atoms with Crippen molar-refractivity contribution in [2.75, 3.05) is 0 Å².